The highest BCUT2D eigenvalue weighted by Crippen LogP contribution is 2.52. The average molecular weight is 406 g/mol. The highest BCUT2D eigenvalue weighted by Gasteiger charge is 2.67. The largest absolute Gasteiger partial charge is 0.360 e. The molecule has 2 amide bonds. The molecule has 156 valence electrons. The number of nitrogens with zero attached hydrogens (tertiary/aromatic N) is 4. The maximum absolute atomic E-state index is 13.4. The molecule has 3 aliphatic heterocycles. The molecule has 2 fully saturated rings. The highest BCUT2D eigenvalue weighted by molar-refractivity contribution is 5.93. The maximum atomic E-state index is 13.4. The fourth-order valence-corrected chi connectivity index (χ4v) is 5.12. The molecule has 2 bridgehead atoms. The summed E-state index contributed by atoms with van der Waals surface area (Å²) in [5.74, 6) is -0.208. The van der Waals surface area contributed by atoms with Crippen LogP contribution in [0.5, 0.6) is 0 Å². The van der Waals surface area contributed by atoms with E-state index in [1.54, 1.807) is 18.1 Å². The molecular weight excluding hydrogens is 380 g/mol. The summed E-state index contributed by atoms with van der Waals surface area (Å²) in [7, 11) is 3.67. The molecule has 3 aliphatic rings. The van der Waals surface area contributed by atoms with Crippen molar-refractivity contribution in [3.05, 3.63) is 65.8 Å². The SMILES string of the molecule is Cc1cccc(CN2C[C@]34C=C[C@H](O3)[C@H](C(=O)N(C)Cc3nccn3C)[C@@H]4C2=O)c1. The number of carbonyl (C=O) groups is 2. The summed E-state index contributed by atoms with van der Waals surface area (Å²) < 4.78 is 8.14. The van der Waals surface area contributed by atoms with E-state index < -0.39 is 17.4 Å². The number of fused-ring (bicyclic) bond motifs is 1. The molecular formula is C23H26N4O3. The van der Waals surface area contributed by atoms with Gasteiger partial charge in [-0.2, -0.15) is 0 Å². The molecule has 30 heavy (non-hydrogen) atoms. The van der Waals surface area contributed by atoms with Gasteiger partial charge < -0.3 is 19.1 Å². The van der Waals surface area contributed by atoms with E-state index in [0.717, 1.165) is 11.4 Å². The zero-order valence-corrected chi connectivity index (χ0v) is 17.5. The number of hydrogen-bond donors (Lipinski definition) is 0. The van der Waals surface area contributed by atoms with E-state index in [-0.39, 0.29) is 17.9 Å². The number of aromatic nitrogens is 2. The molecule has 4 heterocycles. The molecule has 2 saturated heterocycles. The second-order valence-corrected chi connectivity index (χ2v) is 8.73. The van der Waals surface area contributed by atoms with Gasteiger partial charge in [-0.15, -0.1) is 0 Å². The van der Waals surface area contributed by atoms with Crippen LogP contribution in [0.4, 0.5) is 0 Å². The van der Waals surface area contributed by atoms with Crippen molar-refractivity contribution >= 4 is 11.8 Å². The van der Waals surface area contributed by atoms with Gasteiger partial charge in [-0.1, -0.05) is 42.0 Å². The van der Waals surface area contributed by atoms with E-state index in [2.05, 4.69) is 11.1 Å². The Bertz CT molecular complexity index is 1040. The summed E-state index contributed by atoms with van der Waals surface area (Å²) in [6.45, 7) is 3.47. The van der Waals surface area contributed by atoms with Crippen molar-refractivity contribution in [1.82, 2.24) is 19.4 Å². The first-order chi connectivity index (χ1) is 14.4. The summed E-state index contributed by atoms with van der Waals surface area (Å²) in [5, 5.41) is 0. The van der Waals surface area contributed by atoms with Crippen LogP contribution >= 0.6 is 0 Å². The molecule has 0 aliphatic carbocycles. The number of benzene rings is 1. The maximum Gasteiger partial charge on any atom is 0.230 e. The van der Waals surface area contributed by atoms with Crippen LogP contribution < -0.4 is 0 Å². The van der Waals surface area contributed by atoms with Crippen molar-refractivity contribution in [1.29, 1.82) is 0 Å². The molecule has 1 spiro atoms. The Kier molecular flexibility index (Phi) is 4.32. The number of hydrogen-bond acceptors (Lipinski definition) is 4. The molecule has 2 aromatic rings. The van der Waals surface area contributed by atoms with Gasteiger partial charge in [0.25, 0.3) is 0 Å². The molecule has 1 aromatic heterocycles. The molecule has 0 radical (unpaired) electrons. The van der Waals surface area contributed by atoms with Gasteiger partial charge in [-0.25, -0.2) is 4.98 Å². The van der Waals surface area contributed by atoms with Gasteiger partial charge in [-0.05, 0) is 12.5 Å². The number of rotatable bonds is 5. The van der Waals surface area contributed by atoms with Crippen LogP contribution in [0.25, 0.3) is 0 Å². The molecule has 0 N–H and O–H groups in total. The summed E-state index contributed by atoms with van der Waals surface area (Å²) in [5.41, 5.74) is 1.57. The van der Waals surface area contributed by atoms with E-state index >= 15 is 0 Å². The minimum atomic E-state index is -0.685. The Hall–Kier alpha value is -2.93. The van der Waals surface area contributed by atoms with Crippen LogP contribution in [0.3, 0.4) is 0 Å². The number of carbonyl (C=O) groups excluding carboxylic acids is 2. The minimum absolute atomic E-state index is 0.00657. The van der Waals surface area contributed by atoms with Crippen molar-refractivity contribution in [2.75, 3.05) is 13.6 Å². The van der Waals surface area contributed by atoms with Crippen LogP contribution in [-0.2, 0) is 34.5 Å². The lowest BCUT2D eigenvalue weighted by Gasteiger charge is -2.27. The molecule has 1 aromatic carbocycles. The fourth-order valence-electron chi connectivity index (χ4n) is 5.12. The molecule has 0 unspecified atom stereocenters. The number of amides is 2. The number of aryl methyl sites for hydroxylation is 2. The summed E-state index contributed by atoms with van der Waals surface area (Å²) in [6, 6.07) is 8.17. The van der Waals surface area contributed by atoms with E-state index in [4.69, 9.17) is 4.74 Å². The Labute approximate surface area is 175 Å². The van der Waals surface area contributed by atoms with Gasteiger partial charge in [0.05, 0.1) is 31.0 Å². The van der Waals surface area contributed by atoms with Crippen molar-refractivity contribution in [3.63, 3.8) is 0 Å². The van der Waals surface area contributed by atoms with E-state index in [1.807, 2.05) is 60.0 Å². The van der Waals surface area contributed by atoms with Crippen LogP contribution in [0, 0.1) is 18.8 Å². The molecule has 7 nitrogen and oxygen atoms in total. The molecule has 5 rings (SSSR count). The predicted molar refractivity (Wildman–Crippen MR) is 110 cm³/mol. The third kappa shape index (κ3) is 2.88. The van der Waals surface area contributed by atoms with Gasteiger partial charge in [0.2, 0.25) is 11.8 Å². The van der Waals surface area contributed by atoms with Gasteiger partial charge in [0.15, 0.2) is 0 Å². The normalized spacial score (nSPS) is 29.0. The molecule has 4 atom stereocenters. The highest BCUT2D eigenvalue weighted by atomic mass is 16.5. The Morgan fingerprint density at radius 2 is 2.23 bits per heavy atom. The van der Waals surface area contributed by atoms with E-state index in [0.29, 0.717) is 19.6 Å². The molecule has 0 saturated carbocycles. The Morgan fingerprint density at radius 1 is 1.40 bits per heavy atom. The van der Waals surface area contributed by atoms with Gasteiger partial charge in [0.1, 0.15) is 11.4 Å². The Balaban J connectivity index is 1.37. The van der Waals surface area contributed by atoms with Crippen molar-refractivity contribution in [2.45, 2.75) is 31.7 Å². The Morgan fingerprint density at radius 3 is 2.97 bits per heavy atom. The lowest BCUT2D eigenvalue weighted by molar-refractivity contribution is -0.143. The lowest BCUT2D eigenvalue weighted by Crippen LogP contribution is -2.44. The first-order valence-electron chi connectivity index (χ1n) is 10.3. The summed E-state index contributed by atoms with van der Waals surface area (Å²) in [6.07, 6.45) is 7.19. The van der Waals surface area contributed by atoms with Crippen LogP contribution in [-0.4, -0.2) is 56.5 Å². The summed E-state index contributed by atoms with van der Waals surface area (Å²) in [4.78, 5) is 34.6. The van der Waals surface area contributed by atoms with Gasteiger partial charge >= 0.3 is 0 Å². The predicted octanol–water partition coefficient (Wildman–Crippen LogP) is 1.67. The first-order valence-corrected chi connectivity index (χ1v) is 10.3. The van der Waals surface area contributed by atoms with Crippen LogP contribution in [0.15, 0.2) is 48.8 Å². The fraction of sp³-hybridized carbons (Fsp3) is 0.435. The summed E-state index contributed by atoms with van der Waals surface area (Å²) >= 11 is 0. The smallest absolute Gasteiger partial charge is 0.230 e. The monoisotopic (exact) mass is 406 g/mol. The zero-order valence-electron chi connectivity index (χ0n) is 17.5. The zero-order chi connectivity index (χ0) is 21.0. The number of ether oxygens (including phenoxy) is 1. The third-order valence-electron chi connectivity index (χ3n) is 6.60. The second-order valence-electron chi connectivity index (χ2n) is 8.73. The van der Waals surface area contributed by atoms with Crippen LogP contribution in [0.1, 0.15) is 17.0 Å². The lowest BCUT2D eigenvalue weighted by atomic mass is 9.76. The topological polar surface area (TPSA) is 67.7 Å². The average Bonchev–Trinajstić information content (AvgIpc) is 3.44. The second kappa shape index (κ2) is 6.80. The van der Waals surface area contributed by atoms with Gasteiger partial charge in [-0.3, -0.25) is 9.59 Å². The quantitative estimate of drug-likeness (QED) is 0.709. The van der Waals surface area contributed by atoms with Crippen molar-refractivity contribution in [2.24, 2.45) is 18.9 Å². The molecule has 7 heteroatoms. The van der Waals surface area contributed by atoms with Crippen molar-refractivity contribution < 1.29 is 14.3 Å². The first kappa shape index (κ1) is 19.1. The minimum Gasteiger partial charge on any atom is -0.360 e. The van der Waals surface area contributed by atoms with E-state index in [9.17, 15) is 9.59 Å². The standard InChI is InChI=1S/C23H26N4O3/c1-15-5-4-6-16(11-15)12-27-14-23-8-7-17(30-23)19(20(23)22(27)29)21(28)26(3)13-18-24-9-10-25(18)2/h4-11,17,19-20H,12-14H2,1-3H3/t17-,19-,20+,23-/m0/s1. The van der Waals surface area contributed by atoms with E-state index in [1.165, 1.54) is 5.56 Å². The van der Waals surface area contributed by atoms with Gasteiger partial charge in [0, 0.05) is 33.0 Å². The van der Waals surface area contributed by atoms with Crippen LogP contribution in [0.2, 0.25) is 0 Å². The third-order valence-corrected chi connectivity index (χ3v) is 6.60. The van der Waals surface area contributed by atoms with Crippen molar-refractivity contribution in [3.8, 4) is 0 Å². The number of imidazole rings is 1. The number of likely N-dealkylation sites (tertiary alicyclic amines) is 1.